The van der Waals surface area contributed by atoms with Crippen LogP contribution in [0, 0.1) is 0 Å². The van der Waals surface area contributed by atoms with E-state index in [1.165, 1.54) is 11.3 Å². The van der Waals surface area contributed by atoms with Gasteiger partial charge < -0.3 is 14.2 Å². The molecule has 4 rings (SSSR count). The van der Waals surface area contributed by atoms with Crippen LogP contribution in [0.2, 0.25) is 5.02 Å². The van der Waals surface area contributed by atoms with Crippen molar-refractivity contribution in [2.45, 2.75) is 52.7 Å². The molecule has 1 atom stereocenters. The molecule has 0 saturated carbocycles. The Kier molecular flexibility index (Phi) is 8.74. The minimum atomic E-state index is -0.754. The number of halogens is 1. The van der Waals surface area contributed by atoms with Gasteiger partial charge in [0.2, 0.25) is 0 Å². The van der Waals surface area contributed by atoms with E-state index in [0.29, 0.717) is 54.7 Å². The summed E-state index contributed by atoms with van der Waals surface area (Å²) in [6, 6.07) is 11.9. The van der Waals surface area contributed by atoms with Crippen molar-refractivity contribution < 1.29 is 19.0 Å². The largest absolute Gasteiger partial charge is 0.496 e. The molecule has 2 heterocycles. The summed E-state index contributed by atoms with van der Waals surface area (Å²) < 4.78 is 19.1. The number of allylic oxidation sites excluding steroid dienone is 1. The lowest BCUT2D eigenvalue weighted by Gasteiger charge is -2.26. The third-order valence-electron chi connectivity index (χ3n) is 5.95. The fraction of sp³-hybridized carbons (Fsp3) is 0.345. The summed E-state index contributed by atoms with van der Waals surface area (Å²) in [6.45, 7) is 7.86. The molecule has 0 unspecified atom stereocenters. The Morgan fingerprint density at radius 2 is 1.95 bits per heavy atom. The third kappa shape index (κ3) is 5.56. The summed E-state index contributed by atoms with van der Waals surface area (Å²) >= 11 is 7.55. The molecule has 0 N–H and O–H groups in total. The van der Waals surface area contributed by atoms with E-state index >= 15 is 0 Å². The van der Waals surface area contributed by atoms with Crippen molar-refractivity contribution in [2.24, 2.45) is 4.99 Å². The summed E-state index contributed by atoms with van der Waals surface area (Å²) in [5, 5.41) is 0.529. The standard InChI is InChI=1S/C29H31ClN2O5S/c1-6-10-21-25(28(34)36-7-2)26(20-11-8-9-12-23(20)35-5)32-27(33)24(38-29(32)31-21)16-18-15-19(30)13-14-22(18)37-17(3)4/h8-9,11-17,26H,6-7,10H2,1-5H3/b24-16+/t26-/m1/s1. The van der Waals surface area contributed by atoms with Crippen LogP contribution in [0.15, 0.2) is 63.5 Å². The summed E-state index contributed by atoms with van der Waals surface area (Å²) in [4.78, 5) is 32.6. The zero-order valence-electron chi connectivity index (χ0n) is 22.1. The number of hydrogen-bond acceptors (Lipinski definition) is 7. The average molecular weight is 555 g/mol. The Hall–Kier alpha value is -3.36. The van der Waals surface area contributed by atoms with Crippen LogP contribution >= 0.6 is 22.9 Å². The van der Waals surface area contributed by atoms with Crippen LogP contribution in [-0.2, 0) is 9.53 Å². The van der Waals surface area contributed by atoms with Gasteiger partial charge in [-0.2, -0.15) is 0 Å². The molecule has 1 aliphatic heterocycles. The number of carbonyl (C=O) groups excluding carboxylic acids is 1. The zero-order chi connectivity index (χ0) is 27.4. The average Bonchev–Trinajstić information content (AvgIpc) is 3.19. The van der Waals surface area contributed by atoms with Gasteiger partial charge in [0.25, 0.3) is 5.56 Å². The molecule has 0 bridgehead atoms. The molecule has 7 nitrogen and oxygen atoms in total. The monoisotopic (exact) mass is 554 g/mol. The summed E-state index contributed by atoms with van der Waals surface area (Å²) in [5.74, 6) is 0.692. The molecule has 0 saturated heterocycles. The lowest BCUT2D eigenvalue weighted by Crippen LogP contribution is -2.40. The molecular weight excluding hydrogens is 524 g/mol. The summed E-state index contributed by atoms with van der Waals surface area (Å²) in [7, 11) is 1.57. The Morgan fingerprint density at radius 1 is 1.18 bits per heavy atom. The number of carbonyl (C=O) groups is 1. The smallest absolute Gasteiger partial charge is 0.338 e. The Labute approximate surface area is 230 Å². The highest BCUT2D eigenvalue weighted by atomic mass is 35.5. The second-order valence-corrected chi connectivity index (χ2v) is 10.4. The number of aromatic nitrogens is 1. The number of para-hydroxylation sites is 1. The summed E-state index contributed by atoms with van der Waals surface area (Å²) in [6.07, 6.45) is 3.04. The van der Waals surface area contributed by atoms with Crippen LogP contribution in [0.3, 0.4) is 0 Å². The Morgan fingerprint density at radius 3 is 2.63 bits per heavy atom. The van der Waals surface area contributed by atoms with E-state index in [9.17, 15) is 9.59 Å². The highest BCUT2D eigenvalue weighted by Gasteiger charge is 2.35. The number of esters is 1. The van der Waals surface area contributed by atoms with E-state index in [1.807, 2.05) is 45.0 Å². The molecule has 200 valence electrons. The Balaban J connectivity index is 2.02. The second-order valence-electron chi connectivity index (χ2n) is 9.00. The van der Waals surface area contributed by atoms with Crippen molar-refractivity contribution in [1.82, 2.24) is 4.57 Å². The maximum absolute atomic E-state index is 14.0. The second kappa shape index (κ2) is 12.0. The van der Waals surface area contributed by atoms with Crippen molar-refractivity contribution >= 4 is 35.0 Å². The topological polar surface area (TPSA) is 79.1 Å². The van der Waals surface area contributed by atoms with Crippen molar-refractivity contribution in [3.8, 4) is 11.5 Å². The van der Waals surface area contributed by atoms with E-state index in [2.05, 4.69) is 0 Å². The van der Waals surface area contributed by atoms with E-state index in [-0.39, 0.29) is 18.3 Å². The lowest BCUT2D eigenvalue weighted by molar-refractivity contribution is -0.139. The van der Waals surface area contributed by atoms with Gasteiger partial charge in [0, 0.05) is 16.1 Å². The fourth-order valence-corrected chi connectivity index (χ4v) is 5.63. The SMILES string of the molecule is CCCC1=C(C(=O)OCC)[C@@H](c2ccccc2OC)n2c(s/c(=C/c3cc(Cl)ccc3OC(C)C)c2=O)=N1. The fourth-order valence-electron chi connectivity index (χ4n) is 4.44. The van der Waals surface area contributed by atoms with Crippen molar-refractivity contribution in [3.63, 3.8) is 0 Å². The number of benzene rings is 2. The zero-order valence-corrected chi connectivity index (χ0v) is 23.7. The quantitative estimate of drug-likeness (QED) is 0.347. The van der Waals surface area contributed by atoms with Gasteiger partial charge in [0.15, 0.2) is 4.80 Å². The van der Waals surface area contributed by atoms with Crippen molar-refractivity contribution in [3.05, 3.63) is 89.6 Å². The van der Waals surface area contributed by atoms with Gasteiger partial charge in [-0.1, -0.05) is 54.5 Å². The first-order valence-corrected chi connectivity index (χ1v) is 13.8. The molecule has 0 spiro atoms. The van der Waals surface area contributed by atoms with Crippen LogP contribution in [0.1, 0.15) is 57.7 Å². The lowest BCUT2D eigenvalue weighted by atomic mass is 9.93. The third-order valence-corrected chi connectivity index (χ3v) is 7.16. The normalized spacial score (nSPS) is 15.3. The highest BCUT2D eigenvalue weighted by molar-refractivity contribution is 7.07. The van der Waals surface area contributed by atoms with Crippen molar-refractivity contribution in [2.75, 3.05) is 13.7 Å². The molecule has 9 heteroatoms. The van der Waals surface area contributed by atoms with Crippen LogP contribution in [0.5, 0.6) is 11.5 Å². The molecular formula is C29H31ClN2O5S. The molecule has 3 aromatic rings. The van der Waals surface area contributed by atoms with Gasteiger partial charge in [-0.3, -0.25) is 9.36 Å². The van der Waals surface area contributed by atoms with E-state index in [4.69, 9.17) is 30.8 Å². The van der Waals surface area contributed by atoms with Crippen LogP contribution < -0.4 is 24.4 Å². The molecule has 0 amide bonds. The maximum Gasteiger partial charge on any atom is 0.338 e. The maximum atomic E-state index is 14.0. The molecule has 1 aromatic heterocycles. The van der Waals surface area contributed by atoms with Crippen LogP contribution in [-0.4, -0.2) is 30.4 Å². The number of methoxy groups -OCH3 is 1. The number of hydrogen-bond donors (Lipinski definition) is 0. The molecule has 0 fully saturated rings. The van der Waals surface area contributed by atoms with Gasteiger partial charge in [-0.05, 0) is 57.5 Å². The van der Waals surface area contributed by atoms with Gasteiger partial charge >= 0.3 is 5.97 Å². The molecule has 2 aromatic carbocycles. The number of thiazole rings is 1. The number of nitrogens with zero attached hydrogens (tertiary/aromatic N) is 2. The molecule has 38 heavy (non-hydrogen) atoms. The predicted octanol–water partition coefficient (Wildman–Crippen LogP) is 5.03. The molecule has 0 radical (unpaired) electrons. The first-order chi connectivity index (χ1) is 18.3. The highest BCUT2D eigenvalue weighted by Crippen LogP contribution is 2.37. The molecule has 0 aliphatic carbocycles. The van der Waals surface area contributed by atoms with Crippen molar-refractivity contribution in [1.29, 1.82) is 0 Å². The van der Waals surface area contributed by atoms with Gasteiger partial charge in [-0.15, -0.1) is 0 Å². The van der Waals surface area contributed by atoms with Gasteiger partial charge in [0.05, 0.1) is 35.6 Å². The number of ether oxygens (including phenoxy) is 3. The molecule has 1 aliphatic rings. The minimum Gasteiger partial charge on any atom is -0.496 e. The van der Waals surface area contributed by atoms with Crippen LogP contribution in [0.4, 0.5) is 0 Å². The number of fused-ring (bicyclic) bond motifs is 1. The first-order valence-electron chi connectivity index (χ1n) is 12.6. The first kappa shape index (κ1) is 27.7. The van der Waals surface area contributed by atoms with E-state index in [1.54, 1.807) is 42.9 Å². The van der Waals surface area contributed by atoms with Crippen LogP contribution in [0.25, 0.3) is 6.08 Å². The van der Waals surface area contributed by atoms with Gasteiger partial charge in [-0.25, -0.2) is 9.79 Å². The Bertz CT molecular complexity index is 1550. The van der Waals surface area contributed by atoms with E-state index in [0.717, 1.165) is 6.42 Å². The minimum absolute atomic E-state index is 0.0566. The van der Waals surface area contributed by atoms with E-state index < -0.39 is 12.0 Å². The predicted molar refractivity (Wildman–Crippen MR) is 150 cm³/mol. The summed E-state index contributed by atoms with van der Waals surface area (Å²) in [5.41, 5.74) is 2.05. The number of rotatable bonds is 9. The van der Waals surface area contributed by atoms with Gasteiger partial charge in [0.1, 0.15) is 17.5 Å².